The zero-order valence-corrected chi connectivity index (χ0v) is 17.6. The monoisotopic (exact) mass is 414 g/mol. The Balaban J connectivity index is 1.47. The van der Waals surface area contributed by atoms with Crippen LogP contribution in [-0.2, 0) is 19.3 Å². The number of β-amino-alcohol motifs (C(OH)–C–C–N with tert-alkyl or cyclic N) is 1. The van der Waals surface area contributed by atoms with Gasteiger partial charge in [0.15, 0.2) is 0 Å². The highest BCUT2D eigenvalue weighted by molar-refractivity contribution is 5.45. The highest BCUT2D eigenvalue weighted by Crippen LogP contribution is 2.22. The molecule has 7 heteroatoms. The summed E-state index contributed by atoms with van der Waals surface area (Å²) in [5.74, 6) is 1.64. The van der Waals surface area contributed by atoms with E-state index in [1.807, 2.05) is 35.1 Å². The first-order valence-electron chi connectivity index (χ1n) is 10.8. The van der Waals surface area contributed by atoms with Gasteiger partial charge in [0, 0.05) is 56.1 Å². The molecule has 4 aromatic rings. The van der Waals surface area contributed by atoms with Crippen molar-refractivity contribution in [2.45, 2.75) is 38.7 Å². The van der Waals surface area contributed by atoms with E-state index in [0.717, 1.165) is 53.6 Å². The van der Waals surface area contributed by atoms with Crippen molar-refractivity contribution in [2.24, 2.45) is 0 Å². The van der Waals surface area contributed by atoms with Gasteiger partial charge >= 0.3 is 0 Å². The van der Waals surface area contributed by atoms with Gasteiger partial charge in [0.05, 0.1) is 18.2 Å². The maximum atomic E-state index is 10.0. The second-order valence-electron chi connectivity index (χ2n) is 8.11. The minimum atomic E-state index is -0.299. The molecule has 158 valence electrons. The lowest BCUT2D eigenvalue weighted by Gasteiger charge is -2.18. The fourth-order valence-corrected chi connectivity index (χ4v) is 4.10. The summed E-state index contributed by atoms with van der Waals surface area (Å²) in [4.78, 5) is 20.8. The number of nitrogens with zero attached hydrogens (tertiary/aromatic N) is 6. The molecule has 0 bridgehead atoms. The van der Waals surface area contributed by atoms with Crippen LogP contribution < -0.4 is 4.90 Å². The highest BCUT2D eigenvalue weighted by Gasteiger charge is 2.22. The van der Waals surface area contributed by atoms with Gasteiger partial charge in [-0.25, -0.2) is 15.0 Å². The molecule has 1 aliphatic rings. The molecule has 1 saturated heterocycles. The van der Waals surface area contributed by atoms with Crippen LogP contribution in [0.3, 0.4) is 0 Å². The zero-order chi connectivity index (χ0) is 21.2. The molecule has 5 rings (SSSR count). The molecule has 1 N–H and O–H groups in total. The Morgan fingerprint density at radius 2 is 1.90 bits per heavy atom. The van der Waals surface area contributed by atoms with E-state index < -0.39 is 0 Å². The molecule has 31 heavy (non-hydrogen) atoms. The molecule has 1 atom stereocenters. The first-order chi connectivity index (χ1) is 15.2. The van der Waals surface area contributed by atoms with Crippen molar-refractivity contribution in [3.8, 4) is 0 Å². The van der Waals surface area contributed by atoms with Crippen molar-refractivity contribution in [1.29, 1.82) is 0 Å². The molecule has 0 saturated carbocycles. The van der Waals surface area contributed by atoms with Gasteiger partial charge in [-0.15, -0.1) is 0 Å². The van der Waals surface area contributed by atoms with Crippen LogP contribution in [0.4, 0.5) is 5.82 Å². The van der Waals surface area contributed by atoms with E-state index >= 15 is 0 Å². The van der Waals surface area contributed by atoms with E-state index in [2.05, 4.69) is 40.0 Å². The van der Waals surface area contributed by atoms with Crippen LogP contribution in [-0.4, -0.2) is 48.6 Å². The summed E-state index contributed by atoms with van der Waals surface area (Å²) in [6, 6.07) is 10.4. The number of aryl methyl sites for hydroxylation is 1. The van der Waals surface area contributed by atoms with Gasteiger partial charge in [-0.2, -0.15) is 0 Å². The van der Waals surface area contributed by atoms with Gasteiger partial charge in [0.25, 0.3) is 0 Å². The quantitative estimate of drug-likeness (QED) is 0.523. The molecule has 0 radical (unpaired) electrons. The lowest BCUT2D eigenvalue weighted by atomic mass is 10.1. The molecule has 1 fully saturated rings. The second-order valence-corrected chi connectivity index (χ2v) is 8.11. The summed E-state index contributed by atoms with van der Waals surface area (Å²) in [5.41, 5.74) is 5.28. The van der Waals surface area contributed by atoms with Crippen LogP contribution in [0.5, 0.6) is 0 Å². The number of pyridine rings is 2. The minimum Gasteiger partial charge on any atom is -0.391 e. The van der Waals surface area contributed by atoms with Gasteiger partial charge in [0.2, 0.25) is 0 Å². The molecule has 0 unspecified atom stereocenters. The Kier molecular flexibility index (Phi) is 5.34. The predicted molar refractivity (Wildman–Crippen MR) is 119 cm³/mol. The van der Waals surface area contributed by atoms with Crippen molar-refractivity contribution < 1.29 is 5.11 Å². The molecule has 1 aliphatic heterocycles. The number of imidazole rings is 1. The minimum absolute atomic E-state index is 0.299. The number of aliphatic hydroxyl groups is 1. The third-order valence-corrected chi connectivity index (χ3v) is 5.78. The Morgan fingerprint density at radius 3 is 2.74 bits per heavy atom. The van der Waals surface area contributed by atoms with Crippen molar-refractivity contribution >= 4 is 11.5 Å². The Bertz CT molecular complexity index is 1200. The van der Waals surface area contributed by atoms with E-state index in [-0.39, 0.29) is 6.10 Å². The van der Waals surface area contributed by atoms with Gasteiger partial charge in [-0.3, -0.25) is 4.98 Å². The number of hydrogen-bond acceptors (Lipinski definition) is 6. The topological polar surface area (TPSA) is 79.4 Å². The smallest absolute Gasteiger partial charge is 0.136 e. The third-order valence-electron chi connectivity index (χ3n) is 5.78. The summed E-state index contributed by atoms with van der Waals surface area (Å²) < 4.78 is 2.00. The van der Waals surface area contributed by atoms with E-state index in [1.54, 1.807) is 6.20 Å². The van der Waals surface area contributed by atoms with Gasteiger partial charge < -0.3 is 14.4 Å². The van der Waals surface area contributed by atoms with E-state index in [1.165, 1.54) is 5.56 Å². The van der Waals surface area contributed by atoms with Crippen LogP contribution in [0.15, 0.2) is 55.1 Å². The summed E-state index contributed by atoms with van der Waals surface area (Å²) in [5, 5.41) is 10.0. The van der Waals surface area contributed by atoms with Crippen molar-refractivity contribution in [3.05, 3.63) is 83.5 Å². The summed E-state index contributed by atoms with van der Waals surface area (Å²) in [6.45, 7) is 3.56. The third kappa shape index (κ3) is 4.41. The molecule has 0 aliphatic carbocycles. The van der Waals surface area contributed by atoms with Gasteiger partial charge in [-0.1, -0.05) is 6.92 Å². The summed E-state index contributed by atoms with van der Waals surface area (Å²) in [6.07, 6.45) is 10.4. The second kappa shape index (κ2) is 8.43. The Labute approximate surface area is 181 Å². The first-order valence-corrected chi connectivity index (χ1v) is 10.8. The van der Waals surface area contributed by atoms with Crippen LogP contribution in [0.2, 0.25) is 0 Å². The molecule has 0 spiro atoms. The number of aromatic nitrogens is 5. The Morgan fingerprint density at radius 1 is 0.968 bits per heavy atom. The maximum Gasteiger partial charge on any atom is 0.136 e. The van der Waals surface area contributed by atoms with Crippen LogP contribution in [0.1, 0.15) is 41.7 Å². The average Bonchev–Trinajstić information content (AvgIpc) is 3.42. The molecule has 4 aromatic heterocycles. The fraction of sp³-hybridized carbons (Fsp3) is 0.333. The molecule has 0 aromatic carbocycles. The van der Waals surface area contributed by atoms with Crippen LogP contribution in [0.25, 0.3) is 5.65 Å². The lowest BCUT2D eigenvalue weighted by molar-refractivity contribution is 0.198. The standard InChI is InChI=1S/C24H26N6O/c1-2-17-3-6-25-19(11-17)14-22-27-20(15-24(28-22)30-9-5-21(31)16-30)12-18-4-8-29-10-7-26-23(29)13-18/h3-4,6-8,10-11,13,15,21,31H,2,5,9,12,14,16H2,1H3/t21-/m1/s1. The molecular formula is C24H26N6O. The summed E-state index contributed by atoms with van der Waals surface area (Å²) in [7, 11) is 0. The normalized spacial score (nSPS) is 16.3. The number of hydrogen-bond donors (Lipinski definition) is 1. The van der Waals surface area contributed by atoms with E-state index in [9.17, 15) is 5.11 Å². The predicted octanol–water partition coefficient (Wildman–Crippen LogP) is 2.83. The highest BCUT2D eigenvalue weighted by atomic mass is 16.3. The lowest BCUT2D eigenvalue weighted by Crippen LogP contribution is -2.23. The summed E-state index contributed by atoms with van der Waals surface area (Å²) >= 11 is 0. The average molecular weight is 415 g/mol. The number of fused-ring (bicyclic) bond motifs is 1. The molecule has 5 heterocycles. The number of anilines is 1. The maximum absolute atomic E-state index is 10.0. The van der Waals surface area contributed by atoms with E-state index in [0.29, 0.717) is 19.4 Å². The van der Waals surface area contributed by atoms with Crippen molar-refractivity contribution in [3.63, 3.8) is 0 Å². The zero-order valence-electron chi connectivity index (χ0n) is 17.6. The van der Waals surface area contributed by atoms with E-state index in [4.69, 9.17) is 9.97 Å². The fourth-order valence-electron chi connectivity index (χ4n) is 4.10. The number of rotatable bonds is 6. The van der Waals surface area contributed by atoms with Crippen molar-refractivity contribution in [1.82, 2.24) is 24.3 Å². The van der Waals surface area contributed by atoms with Crippen LogP contribution in [0, 0.1) is 0 Å². The largest absolute Gasteiger partial charge is 0.391 e. The first kappa shape index (κ1) is 19.6. The van der Waals surface area contributed by atoms with Gasteiger partial charge in [0.1, 0.15) is 17.3 Å². The Hall–Kier alpha value is -3.32. The SMILES string of the molecule is CCc1ccnc(Cc2nc(Cc3ccn4ccnc4c3)cc(N3CC[C@@H](O)C3)n2)c1. The number of aliphatic hydroxyl groups excluding tert-OH is 1. The molecular weight excluding hydrogens is 388 g/mol. The van der Waals surface area contributed by atoms with Crippen molar-refractivity contribution in [2.75, 3.05) is 18.0 Å². The molecule has 7 nitrogen and oxygen atoms in total. The van der Waals surface area contributed by atoms with Crippen LogP contribution >= 0.6 is 0 Å². The van der Waals surface area contributed by atoms with Gasteiger partial charge in [-0.05, 0) is 48.2 Å². The molecule has 0 amide bonds.